The Hall–Kier alpha value is -1.59. The van der Waals surface area contributed by atoms with E-state index in [4.69, 9.17) is 11.6 Å². The van der Waals surface area contributed by atoms with Gasteiger partial charge in [-0.1, -0.05) is 35.7 Å². The Bertz CT molecular complexity index is 571. The van der Waals surface area contributed by atoms with Gasteiger partial charge in [-0.2, -0.15) is 0 Å². The molecule has 0 atom stereocenters. The fourth-order valence-corrected chi connectivity index (χ4v) is 3.53. The van der Waals surface area contributed by atoms with Gasteiger partial charge in [-0.3, -0.25) is 19.6 Å². The highest BCUT2D eigenvalue weighted by molar-refractivity contribution is 6.30. The zero-order valence-corrected chi connectivity index (χ0v) is 15.7. The van der Waals surface area contributed by atoms with Gasteiger partial charge in [0.25, 0.3) is 0 Å². The van der Waals surface area contributed by atoms with Crippen LogP contribution < -0.4 is 0 Å². The van der Waals surface area contributed by atoms with E-state index >= 15 is 0 Å². The maximum atomic E-state index is 10.9. The number of aryl methyl sites for hydroxylation is 1. The molecule has 1 saturated heterocycles. The summed E-state index contributed by atoms with van der Waals surface area (Å²) in [5.41, 5.74) is 1.24. The van der Waals surface area contributed by atoms with E-state index in [0.29, 0.717) is 0 Å². The average molecular weight is 363 g/mol. The maximum Gasteiger partial charge on any atom is 0.216 e. The number of hydrogen-bond donors (Lipinski definition) is 0. The van der Waals surface area contributed by atoms with Crippen LogP contribution in [0.2, 0.25) is 5.02 Å². The lowest BCUT2D eigenvalue weighted by atomic mass is 9.91. The molecule has 2 aliphatic heterocycles. The third kappa shape index (κ3) is 4.73. The number of piperazine rings is 1. The Morgan fingerprint density at radius 2 is 1.76 bits per heavy atom. The molecular weight excluding hydrogens is 336 g/mol. The number of carbonyl (C=O) groups excluding carboxylic acids is 1. The van der Waals surface area contributed by atoms with Crippen LogP contribution in [-0.2, 0) is 4.79 Å². The van der Waals surface area contributed by atoms with Gasteiger partial charge in [-0.25, -0.2) is 0 Å². The number of aliphatic imine (C=N–C) groups is 1. The summed E-state index contributed by atoms with van der Waals surface area (Å²) in [5, 5.41) is 0.801. The van der Waals surface area contributed by atoms with E-state index in [-0.39, 0.29) is 0 Å². The van der Waals surface area contributed by atoms with Crippen LogP contribution in [0.3, 0.4) is 0 Å². The van der Waals surface area contributed by atoms with E-state index in [1.807, 2.05) is 31.2 Å². The number of guanidine groups is 1. The standard InChI is InChI=1S/C12H20N4O.C7H7Cl/c17-10-16-5-4-13-12(16)15-8-6-14(7-9-15)11-2-1-3-11;1-6-2-4-7(8)5-3-6/h10-11H,1-9H2;2-5H,1H3. The molecule has 3 aliphatic rings. The molecule has 6 heteroatoms. The number of halogens is 1. The van der Waals surface area contributed by atoms with E-state index in [1.54, 1.807) is 4.90 Å². The van der Waals surface area contributed by atoms with Gasteiger partial charge >= 0.3 is 0 Å². The molecule has 4 rings (SSSR count). The summed E-state index contributed by atoms with van der Waals surface area (Å²) in [4.78, 5) is 21.9. The van der Waals surface area contributed by atoms with Gasteiger partial charge in [0.2, 0.25) is 12.4 Å². The summed E-state index contributed by atoms with van der Waals surface area (Å²) in [6, 6.07) is 8.59. The number of hydrogen-bond acceptors (Lipinski definition) is 4. The summed E-state index contributed by atoms with van der Waals surface area (Å²) in [6.07, 6.45) is 5.06. The largest absolute Gasteiger partial charge is 0.340 e. The lowest BCUT2D eigenvalue weighted by Crippen LogP contribution is -2.55. The second-order valence-electron chi connectivity index (χ2n) is 6.88. The van der Waals surface area contributed by atoms with Crippen LogP contribution in [0.5, 0.6) is 0 Å². The molecule has 25 heavy (non-hydrogen) atoms. The molecule has 2 fully saturated rings. The highest BCUT2D eigenvalue weighted by atomic mass is 35.5. The van der Waals surface area contributed by atoms with Crippen molar-refractivity contribution >= 4 is 24.0 Å². The molecule has 1 saturated carbocycles. The third-order valence-electron chi connectivity index (χ3n) is 5.18. The zero-order valence-electron chi connectivity index (χ0n) is 14.9. The first kappa shape index (κ1) is 18.2. The Labute approximate surface area is 155 Å². The van der Waals surface area contributed by atoms with Crippen LogP contribution in [0, 0.1) is 6.92 Å². The summed E-state index contributed by atoms with van der Waals surface area (Å²) >= 11 is 5.61. The Balaban J connectivity index is 0.000000192. The number of rotatable bonds is 2. The number of benzene rings is 1. The zero-order chi connectivity index (χ0) is 17.6. The maximum absolute atomic E-state index is 10.9. The topological polar surface area (TPSA) is 39.2 Å². The van der Waals surface area contributed by atoms with Crippen molar-refractivity contribution in [3.05, 3.63) is 34.9 Å². The highest BCUT2D eigenvalue weighted by Crippen LogP contribution is 2.25. The summed E-state index contributed by atoms with van der Waals surface area (Å²) in [7, 11) is 0. The molecule has 1 aromatic carbocycles. The molecular formula is C19H27ClN4O. The van der Waals surface area contributed by atoms with Crippen molar-refractivity contribution in [3.8, 4) is 0 Å². The van der Waals surface area contributed by atoms with Gasteiger partial charge in [0, 0.05) is 43.8 Å². The fraction of sp³-hybridized carbons (Fsp3) is 0.579. The summed E-state index contributed by atoms with van der Waals surface area (Å²) in [6.45, 7) is 7.82. The van der Waals surface area contributed by atoms with Crippen LogP contribution in [-0.4, -0.2) is 72.4 Å². The Morgan fingerprint density at radius 1 is 1.08 bits per heavy atom. The van der Waals surface area contributed by atoms with Crippen LogP contribution in [0.25, 0.3) is 0 Å². The molecule has 2 heterocycles. The molecule has 136 valence electrons. The van der Waals surface area contributed by atoms with Crippen LogP contribution in [0.15, 0.2) is 29.3 Å². The van der Waals surface area contributed by atoms with Crippen LogP contribution in [0.4, 0.5) is 0 Å². The van der Waals surface area contributed by atoms with E-state index in [9.17, 15) is 4.79 Å². The lowest BCUT2D eigenvalue weighted by Gasteiger charge is -2.43. The van der Waals surface area contributed by atoms with Crippen molar-refractivity contribution in [2.24, 2.45) is 4.99 Å². The van der Waals surface area contributed by atoms with Crippen molar-refractivity contribution in [2.75, 3.05) is 39.3 Å². The minimum atomic E-state index is 0.752. The molecule has 0 spiro atoms. The van der Waals surface area contributed by atoms with Gasteiger partial charge in [0.15, 0.2) is 0 Å². The SMILES string of the molecule is Cc1ccc(Cl)cc1.O=CN1CCN=C1N1CCN(C2CCC2)CC1. The first-order chi connectivity index (χ1) is 12.2. The predicted molar refractivity (Wildman–Crippen MR) is 102 cm³/mol. The average Bonchev–Trinajstić information content (AvgIpc) is 3.06. The van der Waals surface area contributed by atoms with Crippen molar-refractivity contribution in [2.45, 2.75) is 32.2 Å². The smallest absolute Gasteiger partial charge is 0.216 e. The van der Waals surface area contributed by atoms with Crippen LogP contribution in [0.1, 0.15) is 24.8 Å². The van der Waals surface area contributed by atoms with Crippen molar-refractivity contribution in [3.63, 3.8) is 0 Å². The molecule has 1 amide bonds. The molecule has 1 aliphatic carbocycles. The van der Waals surface area contributed by atoms with E-state index in [2.05, 4.69) is 14.8 Å². The Kier molecular flexibility index (Phi) is 6.32. The Morgan fingerprint density at radius 3 is 2.28 bits per heavy atom. The monoisotopic (exact) mass is 362 g/mol. The molecule has 0 radical (unpaired) electrons. The second-order valence-corrected chi connectivity index (χ2v) is 7.32. The molecule has 0 bridgehead atoms. The fourth-order valence-electron chi connectivity index (χ4n) is 3.40. The van der Waals surface area contributed by atoms with Crippen molar-refractivity contribution in [1.82, 2.24) is 14.7 Å². The molecule has 0 unspecified atom stereocenters. The van der Waals surface area contributed by atoms with Gasteiger partial charge in [-0.05, 0) is 31.9 Å². The normalized spacial score (nSPS) is 21.3. The molecule has 0 N–H and O–H groups in total. The third-order valence-corrected chi connectivity index (χ3v) is 5.43. The number of nitrogens with zero attached hydrogens (tertiary/aromatic N) is 4. The molecule has 5 nitrogen and oxygen atoms in total. The predicted octanol–water partition coefficient (Wildman–Crippen LogP) is 2.63. The second kappa shape index (κ2) is 8.68. The van der Waals surface area contributed by atoms with Gasteiger partial charge in [-0.15, -0.1) is 0 Å². The van der Waals surface area contributed by atoms with Crippen molar-refractivity contribution in [1.29, 1.82) is 0 Å². The molecule has 1 aromatic rings. The first-order valence-electron chi connectivity index (χ1n) is 9.15. The van der Waals surface area contributed by atoms with Gasteiger partial charge < -0.3 is 4.90 Å². The minimum Gasteiger partial charge on any atom is -0.340 e. The quantitative estimate of drug-likeness (QED) is 0.759. The van der Waals surface area contributed by atoms with Crippen molar-refractivity contribution < 1.29 is 4.79 Å². The lowest BCUT2D eigenvalue weighted by molar-refractivity contribution is -0.114. The van der Waals surface area contributed by atoms with E-state index < -0.39 is 0 Å². The van der Waals surface area contributed by atoms with E-state index in [0.717, 1.165) is 62.7 Å². The number of amides is 1. The minimum absolute atomic E-state index is 0.752. The highest BCUT2D eigenvalue weighted by Gasteiger charge is 2.30. The van der Waals surface area contributed by atoms with Crippen LogP contribution >= 0.6 is 11.6 Å². The van der Waals surface area contributed by atoms with Gasteiger partial charge in [0.1, 0.15) is 0 Å². The first-order valence-corrected chi connectivity index (χ1v) is 9.53. The van der Waals surface area contributed by atoms with Gasteiger partial charge in [0.05, 0.1) is 6.54 Å². The van der Waals surface area contributed by atoms with E-state index in [1.165, 1.54) is 24.8 Å². The molecule has 0 aromatic heterocycles. The summed E-state index contributed by atoms with van der Waals surface area (Å²) < 4.78 is 0. The summed E-state index contributed by atoms with van der Waals surface area (Å²) in [5.74, 6) is 0.897. The number of carbonyl (C=O) groups is 1.